The largest absolute Gasteiger partial charge is 0.457 e. The molecule has 1 heterocycles. The lowest BCUT2D eigenvalue weighted by Gasteiger charge is -1.99. The van der Waals surface area contributed by atoms with Gasteiger partial charge in [-0.15, -0.1) is 0 Å². The van der Waals surface area contributed by atoms with E-state index in [1.165, 1.54) is 0 Å². The van der Waals surface area contributed by atoms with E-state index < -0.39 is 0 Å². The number of cyclic esters (lactones) is 1. The van der Waals surface area contributed by atoms with E-state index in [4.69, 9.17) is 4.74 Å². The van der Waals surface area contributed by atoms with E-state index >= 15 is 0 Å². The molecule has 0 atom stereocenters. The van der Waals surface area contributed by atoms with Gasteiger partial charge in [-0.1, -0.05) is 0 Å². The summed E-state index contributed by atoms with van der Waals surface area (Å²) in [6.07, 6.45) is 0. The normalized spacial score (nSPS) is 14.3. The summed E-state index contributed by atoms with van der Waals surface area (Å²) in [4.78, 5) is 11.1. The smallest absolute Gasteiger partial charge is 0.338 e. The lowest BCUT2D eigenvalue weighted by molar-refractivity contribution is 0.0535. The Morgan fingerprint density at radius 3 is 2.83 bits per heavy atom. The van der Waals surface area contributed by atoms with E-state index in [9.17, 15) is 4.79 Å². The zero-order valence-corrected chi connectivity index (χ0v) is 9.11. The summed E-state index contributed by atoms with van der Waals surface area (Å²) >= 11 is 6.73. The molecule has 0 amide bonds. The van der Waals surface area contributed by atoms with Crippen LogP contribution >= 0.6 is 31.9 Å². The third kappa shape index (κ3) is 1.10. The topological polar surface area (TPSA) is 26.3 Å². The average Bonchev–Trinajstić information content (AvgIpc) is 2.41. The number of esters is 1. The zero-order valence-electron chi connectivity index (χ0n) is 5.93. The van der Waals surface area contributed by atoms with Crippen molar-refractivity contribution in [3.8, 4) is 0 Å². The molecule has 0 saturated heterocycles. The van der Waals surface area contributed by atoms with Crippen LogP contribution in [0.25, 0.3) is 0 Å². The van der Waals surface area contributed by atoms with Gasteiger partial charge in [0.15, 0.2) is 0 Å². The van der Waals surface area contributed by atoms with E-state index in [0.29, 0.717) is 12.2 Å². The van der Waals surface area contributed by atoms with Gasteiger partial charge in [0.2, 0.25) is 0 Å². The van der Waals surface area contributed by atoms with Crippen molar-refractivity contribution >= 4 is 37.8 Å². The van der Waals surface area contributed by atoms with Crippen LogP contribution in [0.2, 0.25) is 0 Å². The molecule has 1 aromatic carbocycles. The van der Waals surface area contributed by atoms with Gasteiger partial charge in [0.05, 0.1) is 5.56 Å². The zero-order chi connectivity index (χ0) is 8.72. The van der Waals surface area contributed by atoms with E-state index in [-0.39, 0.29) is 5.97 Å². The summed E-state index contributed by atoms with van der Waals surface area (Å²) < 4.78 is 6.72. The van der Waals surface area contributed by atoms with Gasteiger partial charge < -0.3 is 4.74 Å². The number of halogens is 2. The fourth-order valence-electron chi connectivity index (χ4n) is 1.14. The molecular weight excluding hydrogens is 288 g/mol. The number of hydrogen-bond donors (Lipinski definition) is 0. The van der Waals surface area contributed by atoms with Crippen molar-refractivity contribution in [3.63, 3.8) is 0 Å². The average molecular weight is 292 g/mol. The highest BCUT2D eigenvalue weighted by atomic mass is 79.9. The maximum absolute atomic E-state index is 11.1. The third-order valence-corrected chi connectivity index (χ3v) is 3.86. The van der Waals surface area contributed by atoms with Crippen molar-refractivity contribution in [2.45, 2.75) is 6.61 Å². The number of fused-ring (bicyclic) bond motifs is 1. The standard InChI is InChI=1S/C8H4Br2O2/c9-6-2-1-4-5(7(6)10)3-12-8(4)11/h1-2H,3H2. The van der Waals surface area contributed by atoms with E-state index in [0.717, 1.165) is 14.5 Å². The van der Waals surface area contributed by atoms with Gasteiger partial charge in [0.25, 0.3) is 0 Å². The summed E-state index contributed by atoms with van der Waals surface area (Å²) in [5.74, 6) is -0.238. The van der Waals surface area contributed by atoms with Gasteiger partial charge in [0.1, 0.15) is 6.61 Å². The first-order chi connectivity index (χ1) is 5.70. The maximum Gasteiger partial charge on any atom is 0.338 e. The van der Waals surface area contributed by atoms with Gasteiger partial charge in [-0.2, -0.15) is 0 Å². The first kappa shape index (κ1) is 8.26. The Hall–Kier alpha value is -0.350. The van der Waals surface area contributed by atoms with Crippen molar-refractivity contribution in [1.29, 1.82) is 0 Å². The SMILES string of the molecule is O=C1OCc2c1ccc(Br)c2Br. The maximum atomic E-state index is 11.1. The number of carbonyl (C=O) groups is 1. The molecule has 12 heavy (non-hydrogen) atoms. The minimum Gasteiger partial charge on any atom is -0.457 e. The molecule has 0 saturated carbocycles. The number of benzene rings is 1. The predicted molar refractivity (Wildman–Crippen MR) is 51.0 cm³/mol. The van der Waals surface area contributed by atoms with Gasteiger partial charge in [-0.05, 0) is 44.0 Å². The Kier molecular flexibility index (Phi) is 1.96. The number of hydrogen-bond acceptors (Lipinski definition) is 2. The van der Waals surface area contributed by atoms with Crippen LogP contribution in [0.4, 0.5) is 0 Å². The quantitative estimate of drug-likeness (QED) is 0.687. The molecule has 1 aliphatic rings. The molecule has 4 heteroatoms. The molecule has 0 radical (unpaired) electrons. The van der Waals surface area contributed by atoms with Crippen LogP contribution in [-0.4, -0.2) is 5.97 Å². The Balaban J connectivity index is 2.68. The molecule has 0 N–H and O–H groups in total. The second kappa shape index (κ2) is 2.85. The lowest BCUT2D eigenvalue weighted by Crippen LogP contribution is -1.92. The molecule has 1 aliphatic heterocycles. The summed E-state index contributed by atoms with van der Waals surface area (Å²) in [6, 6.07) is 3.59. The molecule has 0 aliphatic carbocycles. The van der Waals surface area contributed by atoms with Crippen LogP contribution in [0.15, 0.2) is 21.1 Å². The Morgan fingerprint density at radius 2 is 2.08 bits per heavy atom. The van der Waals surface area contributed by atoms with Crippen LogP contribution in [0.1, 0.15) is 15.9 Å². The molecule has 0 unspecified atom stereocenters. The highest BCUT2D eigenvalue weighted by Gasteiger charge is 2.23. The van der Waals surface area contributed by atoms with Gasteiger partial charge in [0, 0.05) is 14.5 Å². The van der Waals surface area contributed by atoms with Crippen LogP contribution in [0.5, 0.6) is 0 Å². The Labute approximate surface area is 86.2 Å². The number of carbonyl (C=O) groups excluding carboxylic acids is 1. The predicted octanol–water partition coefficient (Wildman–Crippen LogP) is 2.88. The fraction of sp³-hybridized carbons (Fsp3) is 0.125. The monoisotopic (exact) mass is 290 g/mol. The minimum atomic E-state index is -0.238. The Bertz CT molecular complexity index is 360. The van der Waals surface area contributed by atoms with Crippen LogP contribution in [0, 0.1) is 0 Å². The fourth-order valence-corrected chi connectivity index (χ4v) is 1.97. The lowest BCUT2D eigenvalue weighted by atomic mass is 10.1. The molecule has 2 nitrogen and oxygen atoms in total. The highest BCUT2D eigenvalue weighted by molar-refractivity contribution is 9.13. The molecule has 0 fully saturated rings. The van der Waals surface area contributed by atoms with Gasteiger partial charge >= 0.3 is 5.97 Å². The molecule has 0 aromatic heterocycles. The second-order valence-electron chi connectivity index (χ2n) is 2.46. The van der Waals surface area contributed by atoms with Crippen LogP contribution in [0.3, 0.4) is 0 Å². The van der Waals surface area contributed by atoms with Crippen molar-refractivity contribution in [2.75, 3.05) is 0 Å². The number of rotatable bonds is 0. The molecule has 62 valence electrons. The molecular formula is C8H4Br2O2. The highest BCUT2D eigenvalue weighted by Crippen LogP contribution is 2.33. The van der Waals surface area contributed by atoms with E-state index in [1.807, 2.05) is 6.07 Å². The number of ether oxygens (including phenoxy) is 1. The summed E-state index contributed by atoms with van der Waals surface area (Å²) in [6.45, 7) is 0.369. The summed E-state index contributed by atoms with van der Waals surface area (Å²) in [5, 5.41) is 0. The molecule has 0 bridgehead atoms. The summed E-state index contributed by atoms with van der Waals surface area (Å²) in [7, 11) is 0. The summed E-state index contributed by atoms with van der Waals surface area (Å²) in [5.41, 5.74) is 1.58. The van der Waals surface area contributed by atoms with Crippen molar-refractivity contribution in [2.24, 2.45) is 0 Å². The van der Waals surface area contributed by atoms with Crippen LogP contribution in [-0.2, 0) is 11.3 Å². The van der Waals surface area contributed by atoms with Gasteiger partial charge in [-0.25, -0.2) is 4.79 Å². The molecule has 0 spiro atoms. The first-order valence-electron chi connectivity index (χ1n) is 3.34. The Morgan fingerprint density at radius 1 is 1.33 bits per heavy atom. The van der Waals surface area contributed by atoms with Crippen LogP contribution < -0.4 is 0 Å². The van der Waals surface area contributed by atoms with Crippen molar-refractivity contribution in [1.82, 2.24) is 0 Å². The van der Waals surface area contributed by atoms with Crippen molar-refractivity contribution < 1.29 is 9.53 Å². The molecule has 1 aromatic rings. The first-order valence-corrected chi connectivity index (χ1v) is 4.93. The van der Waals surface area contributed by atoms with E-state index in [2.05, 4.69) is 31.9 Å². The molecule has 2 rings (SSSR count). The second-order valence-corrected chi connectivity index (χ2v) is 4.11. The third-order valence-electron chi connectivity index (χ3n) is 1.76. The minimum absolute atomic E-state index is 0.238. The van der Waals surface area contributed by atoms with Gasteiger partial charge in [-0.3, -0.25) is 0 Å². The van der Waals surface area contributed by atoms with Crippen molar-refractivity contribution in [3.05, 3.63) is 32.2 Å². The van der Waals surface area contributed by atoms with E-state index in [1.54, 1.807) is 6.07 Å².